The topological polar surface area (TPSA) is 23.6 Å². The summed E-state index contributed by atoms with van der Waals surface area (Å²) in [4.78, 5) is 17.1. The fraction of sp³-hybridized carbons (Fsp3) is 0.409. The highest BCUT2D eigenvalue weighted by Gasteiger charge is 2.28. The van der Waals surface area contributed by atoms with Crippen LogP contribution in [0.3, 0.4) is 0 Å². The van der Waals surface area contributed by atoms with Crippen LogP contribution < -0.4 is 4.90 Å². The monoisotopic (exact) mass is 370 g/mol. The molecule has 2 aromatic carbocycles. The van der Waals surface area contributed by atoms with Gasteiger partial charge in [-0.15, -0.1) is 0 Å². The van der Waals surface area contributed by atoms with Crippen molar-refractivity contribution in [1.29, 1.82) is 0 Å². The molecule has 0 spiro atoms. The van der Waals surface area contributed by atoms with Crippen LogP contribution in [0.4, 0.5) is 5.69 Å². The molecular formula is C22H27ClN2O. The normalized spacial score (nSPS) is 15.8. The maximum absolute atomic E-state index is 12.6. The summed E-state index contributed by atoms with van der Waals surface area (Å²) < 4.78 is 0. The molecule has 3 rings (SSSR count). The zero-order valence-electron chi connectivity index (χ0n) is 15.4. The van der Waals surface area contributed by atoms with E-state index in [2.05, 4.69) is 35.2 Å². The lowest BCUT2D eigenvalue weighted by Crippen LogP contribution is -2.47. The molecule has 0 unspecified atom stereocenters. The fourth-order valence-electron chi connectivity index (χ4n) is 3.69. The number of anilines is 1. The zero-order valence-corrected chi connectivity index (χ0v) is 16.2. The van der Waals surface area contributed by atoms with E-state index >= 15 is 0 Å². The van der Waals surface area contributed by atoms with Crippen molar-refractivity contribution in [3.8, 4) is 0 Å². The van der Waals surface area contributed by atoms with Gasteiger partial charge in [-0.1, -0.05) is 54.9 Å². The molecule has 26 heavy (non-hydrogen) atoms. The minimum atomic E-state index is 0.176. The van der Waals surface area contributed by atoms with Gasteiger partial charge in [-0.25, -0.2) is 0 Å². The van der Waals surface area contributed by atoms with Crippen LogP contribution in [0.15, 0.2) is 54.6 Å². The smallest absolute Gasteiger partial charge is 0.226 e. The largest absolute Gasteiger partial charge is 0.309 e. The molecule has 0 bridgehead atoms. The molecule has 1 aliphatic heterocycles. The van der Waals surface area contributed by atoms with E-state index in [0.717, 1.165) is 44.6 Å². The number of carbonyl (C=O) groups is 1. The summed E-state index contributed by atoms with van der Waals surface area (Å²) in [6, 6.07) is 18.5. The molecular weight excluding hydrogens is 344 g/mol. The standard InChI is InChI=1S/C22H27ClN2O/c1-2-22(26)25(21-10-6-9-19(23)17-21)20-12-15-24(16-13-20)14-11-18-7-4-3-5-8-18/h3-10,17,20H,2,11-16H2,1H3. The van der Waals surface area contributed by atoms with Crippen LogP contribution >= 0.6 is 11.6 Å². The Morgan fingerprint density at radius 1 is 1.12 bits per heavy atom. The van der Waals surface area contributed by atoms with Crippen LogP contribution in [-0.4, -0.2) is 36.5 Å². The number of hydrogen-bond acceptors (Lipinski definition) is 2. The molecule has 4 heteroatoms. The van der Waals surface area contributed by atoms with E-state index in [9.17, 15) is 4.79 Å². The van der Waals surface area contributed by atoms with Crippen LogP contribution in [0.25, 0.3) is 0 Å². The lowest BCUT2D eigenvalue weighted by Gasteiger charge is -2.38. The second-order valence-corrected chi connectivity index (χ2v) is 7.34. The summed E-state index contributed by atoms with van der Waals surface area (Å²) in [7, 11) is 0. The Balaban J connectivity index is 1.60. The highest BCUT2D eigenvalue weighted by atomic mass is 35.5. The van der Waals surface area contributed by atoms with E-state index in [0.29, 0.717) is 11.4 Å². The van der Waals surface area contributed by atoms with Crippen molar-refractivity contribution >= 4 is 23.2 Å². The fourth-order valence-corrected chi connectivity index (χ4v) is 3.87. The first-order valence-electron chi connectivity index (χ1n) is 9.51. The van der Waals surface area contributed by atoms with E-state index in [1.807, 2.05) is 36.1 Å². The van der Waals surface area contributed by atoms with Gasteiger partial charge in [-0.2, -0.15) is 0 Å². The summed E-state index contributed by atoms with van der Waals surface area (Å²) in [6.07, 6.45) is 3.61. The average Bonchev–Trinajstić information content (AvgIpc) is 2.68. The van der Waals surface area contributed by atoms with Crippen molar-refractivity contribution in [2.24, 2.45) is 0 Å². The number of nitrogens with zero attached hydrogens (tertiary/aromatic N) is 2. The molecule has 1 heterocycles. The molecule has 1 amide bonds. The Kier molecular flexibility index (Phi) is 6.70. The van der Waals surface area contributed by atoms with E-state index < -0.39 is 0 Å². The first-order chi connectivity index (χ1) is 12.7. The number of hydrogen-bond donors (Lipinski definition) is 0. The number of likely N-dealkylation sites (tertiary alicyclic amines) is 1. The van der Waals surface area contributed by atoms with Gasteiger partial charge in [-0.3, -0.25) is 4.79 Å². The molecule has 3 nitrogen and oxygen atoms in total. The first-order valence-corrected chi connectivity index (χ1v) is 9.89. The maximum Gasteiger partial charge on any atom is 0.226 e. The van der Waals surface area contributed by atoms with Gasteiger partial charge in [0.15, 0.2) is 0 Å². The Hall–Kier alpha value is -1.84. The molecule has 138 valence electrons. The Labute approximate surface area is 161 Å². The van der Waals surface area contributed by atoms with Crippen molar-refractivity contribution in [3.05, 3.63) is 65.2 Å². The number of piperidine rings is 1. The predicted molar refractivity (Wildman–Crippen MR) is 109 cm³/mol. The minimum absolute atomic E-state index is 0.176. The van der Waals surface area contributed by atoms with Gasteiger partial charge < -0.3 is 9.80 Å². The third-order valence-corrected chi connectivity index (χ3v) is 5.37. The second kappa shape index (κ2) is 9.20. The SMILES string of the molecule is CCC(=O)N(c1cccc(Cl)c1)C1CCN(CCc2ccccc2)CC1. The molecule has 0 aromatic heterocycles. The molecule has 0 radical (unpaired) electrons. The van der Waals surface area contributed by atoms with Crippen LogP contribution in [0.1, 0.15) is 31.7 Å². The van der Waals surface area contributed by atoms with Crippen molar-refractivity contribution in [1.82, 2.24) is 4.90 Å². The highest BCUT2D eigenvalue weighted by Crippen LogP contribution is 2.27. The third kappa shape index (κ3) is 4.87. The molecule has 0 N–H and O–H groups in total. The van der Waals surface area contributed by atoms with Gasteiger partial charge >= 0.3 is 0 Å². The van der Waals surface area contributed by atoms with Crippen molar-refractivity contribution < 1.29 is 4.79 Å². The number of rotatable bonds is 6. The summed E-state index contributed by atoms with van der Waals surface area (Å²) in [5.41, 5.74) is 2.31. The van der Waals surface area contributed by atoms with Gasteiger partial charge in [-0.05, 0) is 43.0 Å². The first kappa shape index (κ1) is 18.9. The van der Waals surface area contributed by atoms with Crippen LogP contribution in [0.2, 0.25) is 5.02 Å². The quantitative estimate of drug-likeness (QED) is 0.729. The summed E-state index contributed by atoms with van der Waals surface area (Å²) in [5.74, 6) is 0.176. The summed E-state index contributed by atoms with van der Waals surface area (Å²) >= 11 is 6.15. The minimum Gasteiger partial charge on any atom is -0.309 e. The van der Waals surface area contributed by atoms with Crippen LogP contribution in [0, 0.1) is 0 Å². The Bertz CT molecular complexity index is 711. The predicted octanol–water partition coefficient (Wildman–Crippen LogP) is 4.79. The number of carbonyl (C=O) groups excluding carboxylic acids is 1. The van der Waals surface area contributed by atoms with Crippen LogP contribution in [0.5, 0.6) is 0 Å². The van der Waals surface area contributed by atoms with Crippen LogP contribution in [-0.2, 0) is 11.2 Å². The Morgan fingerprint density at radius 2 is 1.85 bits per heavy atom. The van der Waals surface area contributed by atoms with Gasteiger partial charge in [0.25, 0.3) is 0 Å². The van der Waals surface area contributed by atoms with Gasteiger partial charge in [0.1, 0.15) is 0 Å². The Morgan fingerprint density at radius 3 is 2.50 bits per heavy atom. The van der Waals surface area contributed by atoms with Gasteiger partial charge in [0.05, 0.1) is 0 Å². The van der Waals surface area contributed by atoms with Gasteiger partial charge in [0.2, 0.25) is 5.91 Å². The maximum atomic E-state index is 12.6. The average molecular weight is 371 g/mol. The van der Waals surface area contributed by atoms with E-state index in [-0.39, 0.29) is 11.9 Å². The van der Waals surface area contributed by atoms with E-state index in [1.165, 1.54) is 5.56 Å². The van der Waals surface area contributed by atoms with Crippen molar-refractivity contribution in [3.63, 3.8) is 0 Å². The molecule has 0 saturated carbocycles. The van der Waals surface area contributed by atoms with Gasteiger partial charge in [0, 0.05) is 42.8 Å². The van der Waals surface area contributed by atoms with Crippen molar-refractivity contribution in [2.45, 2.75) is 38.6 Å². The number of halogens is 1. The molecule has 1 saturated heterocycles. The molecule has 1 fully saturated rings. The number of amides is 1. The highest BCUT2D eigenvalue weighted by molar-refractivity contribution is 6.30. The second-order valence-electron chi connectivity index (χ2n) is 6.91. The van der Waals surface area contributed by atoms with E-state index in [4.69, 9.17) is 11.6 Å². The van der Waals surface area contributed by atoms with E-state index in [1.54, 1.807) is 0 Å². The lowest BCUT2D eigenvalue weighted by atomic mass is 10.0. The zero-order chi connectivity index (χ0) is 18.4. The molecule has 2 aromatic rings. The summed E-state index contributed by atoms with van der Waals surface area (Å²) in [6.45, 7) is 5.07. The third-order valence-electron chi connectivity index (χ3n) is 5.14. The molecule has 1 aliphatic rings. The van der Waals surface area contributed by atoms with Crippen molar-refractivity contribution in [2.75, 3.05) is 24.5 Å². The molecule has 0 atom stereocenters. The number of benzene rings is 2. The summed E-state index contributed by atoms with van der Waals surface area (Å²) in [5, 5.41) is 0.678. The lowest BCUT2D eigenvalue weighted by molar-refractivity contribution is -0.119. The molecule has 0 aliphatic carbocycles.